The predicted octanol–water partition coefficient (Wildman–Crippen LogP) is 24.4. The molecule has 4 heteroatoms. The Morgan fingerprint density at radius 3 is 1.38 bits per heavy atom. The highest BCUT2D eigenvalue weighted by atomic mass is 15.2. The van der Waals surface area contributed by atoms with Crippen LogP contribution in [0.4, 0.5) is 22.7 Å². The van der Waals surface area contributed by atoms with Gasteiger partial charge in [0.05, 0.1) is 26.0 Å². The van der Waals surface area contributed by atoms with Crippen LogP contribution < -0.4 is 26.2 Å². The number of hydrogen-bond acceptors (Lipinski definition) is 2. The van der Waals surface area contributed by atoms with Crippen LogP contribution in [0, 0.1) is 17.3 Å². The van der Waals surface area contributed by atoms with Crippen LogP contribution in [0.25, 0.3) is 77.4 Å². The summed E-state index contributed by atoms with van der Waals surface area (Å²) in [7, 11) is 0. The van der Waals surface area contributed by atoms with Crippen LogP contribution in [0.3, 0.4) is 0 Å². The molecule has 108 heavy (non-hydrogen) atoms. The van der Waals surface area contributed by atoms with E-state index in [4.69, 9.17) is 6.85 Å². The molecule has 4 aliphatic carbocycles. The van der Waals surface area contributed by atoms with Crippen molar-refractivity contribution in [1.82, 2.24) is 4.57 Å². The number of hydrogen-bond donors (Lipinski definition) is 0. The van der Waals surface area contributed by atoms with Gasteiger partial charge in [-0.05, 0) is 214 Å². The number of para-hydroxylation sites is 2. The van der Waals surface area contributed by atoms with Gasteiger partial charge in [0.25, 0.3) is 6.71 Å². The highest BCUT2D eigenvalue weighted by Crippen LogP contribution is 2.52. The summed E-state index contributed by atoms with van der Waals surface area (Å²) in [6, 6.07) is 47.8. The van der Waals surface area contributed by atoms with E-state index in [0.717, 1.165) is 66.8 Å². The van der Waals surface area contributed by atoms with Crippen molar-refractivity contribution in [2.75, 3.05) is 22.9 Å². The van der Waals surface area contributed by atoms with Gasteiger partial charge in [0, 0.05) is 76.0 Å². The van der Waals surface area contributed by atoms with E-state index in [2.05, 4.69) is 154 Å². The third-order valence-electron chi connectivity index (χ3n) is 22.7. The summed E-state index contributed by atoms with van der Waals surface area (Å²) in [5, 5.41) is -0.217. The minimum Gasteiger partial charge on any atom is -0.342 e. The Morgan fingerprint density at radius 1 is 0.389 bits per heavy atom. The second kappa shape index (κ2) is 28.5. The molecular weight excluding hydrogens is 1300 g/mol. The number of benzene rings is 12. The van der Waals surface area contributed by atoms with E-state index in [9.17, 15) is 19.2 Å². The fraction of sp³-hybridized carbons (Fsp3) is 0.173. The van der Waals surface area contributed by atoms with Gasteiger partial charge in [0.1, 0.15) is 0 Å². The first-order valence-electron chi connectivity index (χ1n) is 47.6. The van der Waals surface area contributed by atoms with Crippen LogP contribution in [0.1, 0.15) is 108 Å². The standard InChI is InChI=1S/C104H90BN3/c1-104(2,3)84-67-82-54-52-80-62-72(63-81-53-55-83(68-84)102(82)101(80)81)61-71-51-57-97-93(64-71)105-94-69-79(74-31-11-4-12-32-74)56-58-98(94)107(60-28-10-22-42-90-87(77-37-17-7-18-38-77)47-30-48-88(90)78-39-19-8-20-40-78)100-66-73(70-108-95-49-25-23-43-91(95)92-44-24-26-50-96(92)108)65-99(103(100)105)106(97)59-27-9-21-41-89-85(75-33-13-5-14-34-75)45-29-46-86(89)76-35-15-6-16-36-76/h4-8,11-20,23-26,29-40,43-58,62-69,101-102H,9-10,21-22,27-28,41-42,59-61,70H2,1-3H3/i4D,11D,12D,23D,24D,25D,26D,31D,32D,43D,44D,49D,50D,51D,56D,57D,58D,64D,69D. The molecule has 2 atom stereocenters. The van der Waals surface area contributed by atoms with E-state index in [-0.39, 0.29) is 111 Å². The zero-order valence-electron chi connectivity index (χ0n) is 79.8. The first-order valence-corrected chi connectivity index (χ1v) is 38.1. The Morgan fingerprint density at radius 2 is 0.861 bits per heavy atom. The van der Waals surface area contributed by atoms with Crippen molar-refractivity contribution in [1.29, 1.82) is 0 Å². The van der Waals surface area contributed by atoms with Gasteiger partial charge in [-0.1, -0.05) is 331 Å². The number of fused-ring (bicyclic) bond motifs is 7. The molecule has 524 valence electrons. The lowest BCUT2D eigenvalue weighted by Gasteiger charge is -2.45. The Hall–Kier alpha value is -11.7. The largest absolute Gasteiger partial charge is 0.342 e. The van der Waals surface area contributed by atoms with Crippen LogP contribution >= 0.6 is 0 Å². The normalized spacial score (nSPS) is 18.3. The Balaban J connectivity index is 0.834. The van der Waals surface area contributed by atoms with Gasteiger partial charge < -0.3 is 14.4 Å². The van der Waals surface area contributed by atoms with E-state index >= 15 is 0 Å². The van der Waals surface area contributed by atoms with E-state index in [1.807, 2.05) is 94.7 Å². The third-order valence-corrected chi connectivity index (χ3v) is 22.7. The zero-order chi connectivity index (χ0) is 88.8. The zero-order valence-corrected chi connectivity index (χ0v) is 60.8. The van der Waals surface area contributed by atoms with E-state index in [1.165, 1.54) is 26.8 Å². The predicted molar refractivity (Wildman–Crippen MR) is 459 cm³/mol. The van der Waals surface area contributed by atoms with E-state index in [1.54, 1.807) is 0 Å². The van der Waals surface area contributed by atoms with Crippen molar-refractivity contribution in [2.45, 2.75) is 85.1 Å². The molecule has 6 aliphatic rings. The van der Waals surface area contributed by atoms with Crippen molar-refractivity contribution in [3.05, 3.63) is 389 Å². The van der Waals surface area contributed by atoms with E-state index in [0.29, 0.717) is 73.8 Å². The topological polar surface area (TPSA) is 11.4 Å². The summed E-state index contributed by atoms with van der Waals surface area (Å²) >= 11 is 0. The summed E-state index contributed by atoms with van der Waals surface area (Å²) in [4.78, 5) is 3.92. The van der Waals surface area contributed by atoms with Crippen LogP contribution in [0.2, 0.25) is 0 Å². The summed E-state index contributed by atoms with van der Waals surface area (Å²) in [6.07, 6.45) is 22.4. The molecule has 2 aliphatic heterocycles. The summed E-state index contributed by atoms with van der Waals surface area (Å²) < 4.78 is 187. The smallest absolute Gasteiger partial charge is 0.252 e. The van der Waals surface area contributed by atoms with Crippen molar-refractivity contribution >= 4 is 67.7 Å². The summed E-state index contributed by atoms with van der Waals surface area (Å²) in [5.41, 5.74) is 19.0. The quantitative estimate of drug-likeness (QED) is 0.0525. The molecule has 0 saturated carbocycles. The Bertz CT molecular complexity index is 6820. The molecule has 0 radical (unpaired) electrons. The van der Waals surface area contributed by atoms with Crippen molar-refractivity contribution in [3.8, 4) is 55.6 Å². The van der Waals surface area contributed by atoms with Crippen molar-refractivity contribution in [3.63, 3.8) is 0 Å². The molecule has 0 bridgehead atoms. The lowest BCUT2D eigenvalue weighted by Crippen LogP contribution is -2.62. The molecule has 0 spiro atoms. The summed E-state index contributed by atoms with van der Waals surface area (Å²) in [5.74, 6) is 0.0661. The maximum Gasteiger partial charge on any atom is 0.252 e. The van der Waals surface area contributed by atoms with Gasteiger partial charge in [-0.15, -0.1) is 0 Å². The number of anilines is 4. The Kier molecular flexibility index (Phi) is 13.0. The van der Waals surface area contributed by atoms with Gasteiger partial charge in [-0.25, -0.2) is 0 Å². The van der Waals surface area contributed by atoms with Gasteiger partial charge in [0.15, 0.2) is 0 Å². The van der Waals surface area contributed by atoms with Gasteiger partial charge >= 0.3 is 0 Å². The maximum absolute atomic E-state index is 11.2. The molecule has 3 heterocycles. The van der Waals surface area contributed by atoms with Crippen LogP contribution in [0.5, 0.6) is 0 Å². The monoisotopic (exact) mass is 1410 g/mol. The van der Waals surface area contributed by atoms with Crippen molar-refractivity contribution < 1.29 is 26.0 Å². The molecule has 12 aromatic carbocycles. The van der Waals surface area contributed by atoms with E-state index < -0.39 is 115 Å². The fourth-order valence-electron chi connectivity index (χ4n) is 17.7. The molecule has 1 aromatic heterocycles. The second-order valence-corrected chi connectivity index (χ2v) is 30.4. The van der Waals surface area contributed by atoms with Crippen LogP contribution in [0.15, 0.2) is 367 Å². The number of unbranched alkanes of at least 4 members (excludes halogenated alkanes) is 4. The van der Waals surface area contributed by atoms with Crippen LogP contribution in [-0.4, -0.2) is 24.4 Å². The molecule has 13 aromatic rings. The summed E-state index contributed by atoms with van der Waals surface area (Å²) in [6.45, 7) is 5.31. The van der Waals surface area contributed by atoms with Crippen LogP contribution in [-0.2, 0) is 25.8 Å². The molecule has 19 rings (SSSR count). The third kappa shape index (κ3) is 12.5. The lowest BCUT2D eigenvalue weighted by atomic mass is 9.33. The molecule has 0 fully saturated rings. The first-order chi connectivity index (χ1) is 61.1. The second-order valence-electron chi connectivity index (χ2n) is 30.4. The number of aromatic nitrogens is 1. The highest BCUT2D eigenvalue weighted by molar-refractivity contribution is 7.00. The molecule has 3 nitrogen and oxygen atoms in total. The average molecular weight is 1410 g/mol. The molecule has 0 amide bonds. The minimum atomic E-state index is -1.33. The fourth-order valence-corrected chi connectivity index (χ4v) is 17.7. The molecule has 2 unspecified atom stereocenters. The molecule has 0 saturated heterocycles. The highest BCUT2D eigenvalue weighted by Gasteiger charge is 2.44. The van der Waals surface area contributed by atoms with Gasteiger partial charge in [-0.2, -0.15) is 0 Å². The number of allylic oxidation sites excluding steroid dienone is 14. The minimum absolute atomic E-state index is 0.00287. The SMILES string of the molecule is [2H]c1c([2H])c([2H])c(-c2c([2H])c([2H])c3c(c2[2H])B2c4c(cc(Cn5c6c([2H])c([2H])c([2H])c([2H])c6c6c([2H])c([2H])c([2H])c([2H])c65)cc4N3CCCCCc3c(-c4ccccc4)cccc3-c3ccccc3)N(CCCCCc3c(-c4ccccc4)cccc3-c3ccccc3)c3c([2H])c([2H])c(CC4=CC5=CC=C6C=C(C(C)(C)C)C=C7C=CC(=C4)C5C67)c([2H])c32)c([2H])c1[2H]. The molecular formula is C104H90BN3. The first kappa shape index (κ1) is 49.2. The number of rotatable bonds is 21. The van der Waals surface area contributed by atoms with Gasteiger partial charge in [0.2, 0.25) is 0 Å². The molecule has 0 N–H and O–H groups in total. The lowest BCUT2D eigenvalue weighted by molar-refractivity contribution is 0.499. The van der Waals surface area contributed by atoms with Gasteiger partial charge in [-0.3, -0.25) is 0 Å². The Labute approximate surface area is 665 Å². The maximum atomic E-state index is 11.2. The average Bonchev–Trinajstić information content (AvgIpc) is 1.36. The van der Waals surface area contributed by atoms with Crippen molar-refractivity contribution in [2.24, 2.45) is 17.3 Å². The number of nitrogens with zero attached hydrogens (tertiary/aromatic N) is 3.